The summed E-state index contributed by atoms with van der Waals surface area (Å²) in [5.41, 5.74) is 0. The third kappa shape index (κ3) is 4.23. The molecule has 0 aliphatic carbocycles. The second-order valence-electron chi connectivity index (χ2n) is 5.88. The van der Waals surface area contributed by atoms with Crippen molar-refractivity contribution >= 4 is 15.9 Å². The van der Waals surface area contributed by atoms with E-state index < -0.39 is 28.1 Å². The molecule has 1 amide bonds. The molecule has 0 radical (unpaired) electrons. The Hall–Kier alpha value is -1.84. The molecule has 25 heavy (non-hydrogen) atoms. The monoisotopic (exact) mass is 372 g/mol. The zero-order valence-electron chi connectivity index (χ0n) is 14.6. The van der Waals surface area contributed by atoms with Crippen LogP contribution in [-0.2, 0) is 14.8 Å². The SMILES string of the molecule is COc1ccc(S(=O)(=O)N2CCCC2C(=O)NCC(C)O)cc1OC. The van der Waals surface area contributed by atoms with Gasteiger partial charge in [0.1, 0.15) is 6.04 Å². The second kappa shape index (κ2) is 8.03. The van der Waals surface area contributed by atoms with Gasteiger partial charge in [0.05, 0.1) is 25.2 Å². The molecule has 9 heteroatoms. The summed E-state index contributed by atoms with van der Waals surface area (Å²) in [6.07, 6.45) is 0.346. The van der Waals surface area contributed by atoms with Crippen molar-refractivity contribution in [2.45, 2.75) is 36.8 Å². The minimum atomic E-state index is -3.85. The van der Waals surface area contributed by atoms with Crippen LogP contribution in [0.3, 0.4) is 0 Å². The molecule has 1 fully saturated rings. The summed E-state index contributed by atoms with van der Waals surface area (Å²) >= 11 is 0. The maximum atomic E-state index is 13.0. The molecule has 0 aromatic heterocycles. The van der Waals surface area contributed by atoms with Crippen LogP contribution in [0.25, 0.3) is 0 Å². The Balaban J connectivity index is 2.27. The van der Waals surface area contributed by atoms with E-state index in [-0.39, 0.29) is 18.0 Å². The number of rotatable bonds is 7. The van der Waals surface area contributed by atoms with Crippen LogP contribution < -0.4 is 14.8 Å². The molecule has 2 unspecified atom stereocenters. The molecular weight excluding hydrogens is 348 g/mol. The van der Waals surface area contributed by atoms with Crippen molar-refractivity contribution in [3.8, 4) is 11.5 Å². The topological polar surface area (TPSA) is 105 Å². The van der Waals surface area contributed by atoms with Gasteiger partial charge in [0.15, 0.2) is 11.5 Å². The third-order valence-corrected chi connectivity index (χ3v) is 5.94. The van der Waals surface area contributed by atoms with Crippen molar-refractivity contribution in [2.75, 3.05) is 27.3 Å². The summed E-state index contributed by atoms with van der Waals surface area (Å²) in [4.78, 5) is 12.3. The summed E-state index contributed by atoms with van der Waals surface area (Å²) in [5.74, 6) is 0.328. The second-order valence-corrected chi connectivity index (χ2v) is 7.78. The lowest BCUT2D eigenvalue weighted by Crippen LogP contribution is -2.47. The van der Waals surface area contributed by atoms with Crippen LogP contribution in [0.4, 0.5) is 0 Å². The van der Waals surface area contributed by atoms with E-state index in [1.165, 1.54) is 36.7 Å². The summed E-state index contributed by atoms with van der Waals surface area (Å²) in [6.45, 7) is 1.90. The molecule has 2 N–H and O–H groups in total. The van der Waals surface area contributed by atoms with E-state index in [4.69, 9.17) is 9.47 Å². The first-order valence-corrected chi connectivity index (χ1v) is 9.45. The molecule has 1 aromatic rings. The predicted molar refractivity (Wildman–Crippen MR) is 91.2 cm³/mol. The van der Waals surface area contributed by atoms with Gasteiger partial charge in [0.2, 0.25) is 15.9 Å². The average molecular weight is 372 g/mol. The number of methoxy groups -OCH3 is 2. The number of hydrogen-bond acceptors (Lipinski definition) is 6. The summed E-state index contributed by atoms with van der Waals surface area (Å²) in [6, 6.07) is 3.55. The van der Waals surface area contributed by atoms with Crippen molar-refractivity contribution in [1.29, 1.82) is 0 Å². The quantitative estimate of drug-likeness (QED) is 0.716. The van der Waals surface area contributed by atoms with Crippen molar-refractivity contribution in [1.82, 2.24) is 9.62 Å². The zero-order valence-corrected chi connectivity index (χ0v) is 15.4. The number of amides is 1. The standard InChI is InChI=1S/C16H24N2O6S/c1-11(19)10-17-16(20)13-5-4-8-18(13)25(21,22)12-6-7-14(23-2)15(9-12)24-3/h6-7,9,11,13,19H,4-5,8,10H2,1-3H3,(H,17,20). The molecule has 2 rings (SSSR count). The number of aliphatic hydroxyl groups excluding tert-OH is 1. The molecule has 2 atom stereocenters. The minimum absolute atomic E-state index is 0.0420. The molecule has 8 nitrogen and oxygen atoms in total. The Morgan fingerprint density at radius 3 is 2.64 bits per heavy atom. The van der Waals surface area contributed by atoms with Crippen LogP contribution in [0, 0.1) is 0 Å². The molecule has 140 valence electrons. The Kier molecular flexibility index (Phi) is 6.26. The fourth-order valence-corrected chi connectivity index (χ4v) is 4.44. The van der Waals surface area contributed by atoms with Gasteiger partial charge < -0.3 is 19.9 Å². The normalized spacial score (nSPS) is 19.4. The summed E-state index contributed by atoms with van der Waals surface area (Å²) in [7, 11) is -0.960. The number of carbonyl (C=O) groups is 1. The lowest BCUT2D eigenvalue weighted by atomic mass is 10.2. The number of nitrogens with zero attached hydrogens (tertiary/aromatic N) is 1. The van der Waals surface area contributed by atoms with Crippen molar-refractivity contribution < 1.29 is 27.8 Å². The fourth-order valence-electron chi connectivity index (χ4n) is 2.77. The number of carbonyl (C=O) groups excluding carboxylic acids is 1. The van der Waals surface area contributed by atoms with Crippen molar-refractivity contribution in [3.05, 3.63) is 18.2 Å². The Bertz CT molecular complexity index is 719. The Labute approximate surface area is 147 Å². The van der Waals surface area contributed by atoms with Gasteiger partial charge in [0.25, 0.3) is 0 Å². The summed E-state index contributed by atoms with van der Waals surface area (Å²) in [5, 5.41) is 11.9. The van der Waals surface area contributed by atoms with E-state index in [9.17, 15) is 18.3 Å². The van der Waals surface area contributed by atoms with Crippen LogP contribution in [0.1, 0.15) is 19.8 Å². The van der Waals surface area contributed by atoms with Crippen LogP contribution in [0.5, 0.6) is 11.5 Å². The maximum absolute atomic E-state index is 13.0. The van der Waals surface area contributed by atoms with Crippen LogP contribution in [-0.4, -0.2) is 63.2 Å². The van der Waals surface area contributed by atoms with Crippen LogP contribution >= 0.6 is 0 Å². The highest BCUT2D eigenvalue weighted by Gasteiger charge is 2.39. The van der Waals surface area contributed by atoms with Crippen LogP contribution in [0.2, 0.25) is 0 Å². The molecule has 0 spiro atoms. The zero-order chi connectivity index (χ0) is 18.6. The summed E-state index contributed by atoms with van der Waals surface area (Å²) < 4.78 is 37.4. The molecule has 0 bridgehead atoms. The number of benzene rings is 1. The molecule has 1 heterocycles. The highest BCUT2D eigenvalue weighted by Crippen LogP contribution is 2.33. The van der Waals surface area contributed by atoms with Gasteiger partial charge in [-0.3, -0.25) is 4.79 Å². The lowest BCUT2D eigenvalue weighted by Gasteiger charge is -2.24. The molecular formula is C16H24N2O6S. The first kappa shape index (κ1) is 19.5. The molecule has 1 aromatic carbocycles. The van der Waals surface area contributed by atoms with Gasteiger partial charge in [-0.1, -0.05) is 0 Å². The predicted octanol–water partition coefficient (Wildman–Crippen LogP) is 0.354. The van der Waals surface area contributed by atoms with E-state index >= 15 is 0 Å². The maximum Gasteiger partial charge on any atom is 0.243 e. The third-order valence-electron chi connectivity index (χ3n) is 4.04. The van der Waals surface area contributed by atoms with Gasteiger partial charge in [-0.05, 0) is 31.9 Å². The van der Waals surface area contributed by atoms with Gasteiger partial charge in [0, 0.05) is 19.2 Å². The molecule has 1 saturated heterocycles. The number of hydrogen-bond donors (Lipinski definition) is 2. The van der Waals surface area contributed by atoms with E-state index in [0.717, 1.165) is 0 Å². The van der Waals surface area contributed by atoms with Gasteiger partial charge >= 0.3 is 0 Å². The van der Waals surface area contributed by atoms with E-state index in [1.807, 2.05) is 0 Å². The van der Waals surface area contributed by atoms with E-state index in [2.05, 4.69) is 5.32 Å². The highest BCUT2D eigenvalue weighted by molar-refractivity contribution is 7.89. The first-order valence-electron chi connectivity index (χ1n) is 8.01. The van der Waals surface area contributed by atoms with Crippen molar-refractivity contribution in [3.63, 3.8) is 0 Å². The number of nitrogens with one attached hydrogen (secondary N) is 1. The Morgan fingerprint density at radius 2 is 2.04 bits per heavy atom. The fraction of sp³-hybridized carbons (Fsp3) is 0.562. The molecule has 0 saturated carbocycles. The van der Waals surface area contributed by atoms with Crippen molar-refractivity contribution in [2.24, 2.45) is 0 Å². The molecule has 1 aliphatic rings. The average Bonchev–Trinajstić information content (AvgIpc) is 3.09. The largest absolute Gasteiger partial charge is 0.493 e. The molecule has 1 aliphatic heterocycles. The van der Waals surface area contributed by atoms with E-state index in [0.29, 0.717) is 24.3 Å². The smallest absolute Gasteiger partial charge is 0.243 e. The Morgan fingerprint density at radius 1 is 1.36 bits per heavy atom. The lowest BCUT2D eigenvalue weighted by molar-refractivity contribution is -0.124. The first-order chi connectivity index (χ1) is 11.8. The number of aliphatic hydroxyl groups is 1. The highest BCUT2D eigenvalue weighted by atomic mass is 32.2. The number of sulfonamides is 1. The van der Waals surface area contributed by atoms with Crippen LogP contribution in [0.15, 0.2) is 23.1 Å². The number of ether oxygens (including phenoxy) is 2. The van der Waals surface area contributed by atoms with Gasteiger partial charge in [-0.2, -0.15) is 4.31 Å². The van der Waals surface area contributed by atoms with E-state index in [1.54, 1.807) is 6.92 Å². The minimum Gasteiger partial charge on any atom is -0.493 e. The van der Waals surface area contributed by atoms with Gasteiger partial charge in [-0.15, -0.1) is 0 Å². The van der Waals surface area contributed by atoms with Gasteiger partial charge in [-0.25, -0.2) is 8.42 Å².